The normalized spacial score (nSPS) is 9.95. The highest BCUT2D eigenvalue weighted by Gasteiger charge is 2.09. The molecule has 0 unspecified atom stereocenters. The van der Waals surface area contributed by atoms with Gasteiger partial charge in [-0.1, -0.05) is 28.1 Å². The number of rotatable bonds is 3. The maximum Gasteiger partial charge on any atom is 0.182 e. The van der Waals surface area contributed by atoms with Crippen LogP contribution < -0.4 is 22.5 Å². The third-order valence-corrected chi connectivity index (χ3v) is 3.36. The zero-order chi connectivity index (χ0) is 14.0. The summed E-state index contributed by atoms with van der Waals surface area (Å²) in [4.78, 5) is 16.4. The average molecular weight is 400 g/mol. The fourth-order valence-electron chi connectivity index (χ4n) is 1.87. The number of halogens is 2. The van der Waals surface area contributed by atoms with Crippen molar-refractivity contribution in [1.82, 2.24) is 9.55 Å². The van der Waals surface area contributed by atoms with E-state index in [0.717, 1.165) is 10.2 Å². The molecule has 0 atom stereocenters. The molecule has 1 heterocycles. The Morgan fingerprint density at radius 1 is 1.30 bits per heavy atom. The molecular weight excluding hydrogens is 386 g/mol. The van der Waals surface area contributed by atoms with Crippen molar-refractivity contribution in [2.75, 3.05) is 0 Å². The number of carbonyl (C=O) groups is 1. The summed E-state index contributed by atoms with van der Waals surface area (Å²) in [5.74, 6) is 0.648. The molecule has 2 aromatic rings. The van der Waals surface area contributed by atoms with Gasteiger partial charge >= 0.3 is 0 Å². The minimum Gasteiger partial charge on any atom is -1.00 e. The maximum atomic E-state index is 12.2. The van der Waals surface area contributed by atoms with Crippen LogP contribution in [-0.2, 0) is 6.54 Å². The number of aryl methyl sites for hydroxylation is 2. The predicted molar refractivity (Wildman–Crippen MR) is 76.0 cm³/mol. The van der Waals surface area contributed by atoms with Crippen molar-refractivity contribution in [3.8, 4) is 0 Å². The SMILES string of the molecule is Cc1cc(=N)n(CC(=O)c2ccc(Br)cc2)c(C)n1.[Br-]. The number of hydrogen-bond donors (Lipinski definition) is 1. The second kappa shape index (κ2) is 6.95. The van der Waals surface area contributed by atoms with E-state index in [0.29, 0.717) is 16.9 Å². The van der Waals surface area contributed by atoms with Crippen molar-refractivity contribution in [3.05, 3.63) is 57.4 Å². The molecule has 0 amide bonds. The highest BCUT2D eigenvalue weighted by atomic mass is 79.9. The molecule has 106 valence electrons. The molecule has 0 aliphatic carbocycles. The second-order valence-electron chi connectivity index (χ2n) is 4.35. The van der Waals surface area contributed by atoms with Crippen LogP contribution in [0.25, 0.3) is 0 Å². The Morgan fingerprint density at radius 2 is 1.90 bits per heavy atom. The van der Waals surface area contributed by atoms with Gasteiger partial charge in [-0.2, -0.15) is 0 Å². The summed E-state index contributed by atoms with van der Waals surface area (Å²) in [5.41, 5.74) is 1.72. The van der Waals surface area contributed by atoms with Crippen molar-refractivity contribution in [1.29, 1.82) is 5.41 Å². The van der Waals surface area contributed by atoms with Gasteiger partial charge in [-0.3, -0.25) is 10.2 Å². The summed E-state index contributed by atoms with van der Waals surface area (Å²) in [7, 11) is 0. The monoisotopic (exact) mass is 398 g/mol. The van der Waals surface area contributed by atoms with Crippen LogP contribution >= 0.6 is 15.9 Å². The van der Waals surface area contributed by atoms with Gasteiger partial charge in [-0.05, 0) is 26.0 Å². The standard InChI is InChI=1S/C14H14BrN3O.BrH/c1-9-7-14(16)18(10(2)17-9)8-13(19)11-3-5-12(15)6-4-11;/h3-7,16H,8H2,1-2H3;1H/p-1. The van der Waals surface area contributed by atoms with E-state index in [1.54, 1.807) is 29.7 Å². The molecule has 1 N–H and O–H groups in total. The van der Waals surface area contributed by atoms with Gasteiger partial charge in [0.2, 0.25) is 0 Å². The Bertz CT molecular complexity index is 678. The maximum absolute atomic E-state index is 12.2. The van der Waals surface area contributed by atoms with Gasteiger partial charge in [0.15, 0.2) is 5.78 Å². The minimum atomic E-state index is -0.0280. The number of Topliss-reactive ketones (excluding diaryl/α,β-unsaturated/α-hetero) is 1. The lowest BCUT2D eigenvalue weighted by atomic mass is 10.1. The molecule has 0 radical (unpaired) electrons. The molecule has 4 nitrogen and oxygen atoms in total. The number of carbonyl (C=O) groups excluding carboxylic acids is 1. The number of aromatic nitrogens is 2. The minimum absolute atomic E-state index is 0. The van der Waals surface area contributed by atoms with E-state index >= 15 is 0 Å². The van der Waals surface area contributed by atoms with Gasteiger partial charge < -0.3 is 21.5 Å². The largest absolute Gasteiger partial charge is 1.00 e. The smallest absolute Gasteiger partial charge is 0.182 e. The van der Waals surface area contributed by atoms with Crippen LogP contribution in [0, 0.1) is 19.3 Å². The lowest BCUT2D eigenvalue weighted by molar-refractivity contribution is -0.0000121. The second-order valence-corrected chi connectivity index (χ2v) is 5.26. The van der Waals surface area contributed by atoms with Gasteiger partial charge in [0.05, 0.1) is 6.54 Å². The molecule has 1 aromatic heterocycles. The summed E-state index contributed by atoms with van der Waals surface area (Å²) >= 11 is 3.34. The molecule has 6 heteroatoms. The van der Waals surface area contributed by atoms with E-state index in [-0.39, 0.29) is 29.3 Å². The van der Waals surface area contributed by atoms with Crippen LogP contribution in [-0.4, -0.2) is 15.3 Å². The molecule has 0 saturated carbocycles. The predicted octanol–water partition coefficient (Wildman–Crippen LogP) is -0.371. The van der Waals surface area contributed by atoms with Crippen molar-refractivity contribution in [3.63, 3.8) is 0 Å². The number of benzene rings is 1. The molecular formula is C14H14Br2N3O-. The average Bonchev–Trinajstić information content (AvgIpc) is 2.34. The van der Waals surface area contributed by atoms with Crippen molar-refractivity contribution < 1.29 is 21.8 Å². The highest BCUT2D eigenvalue weighted by Crippen LogP contribution is 2.11. The van der Waals surface area contributed by atoms with Gasteiger partial charge in [0, 0.05) is 21.8 Å². The molecule has 0 bridgehead atoms. The third kappa shape index (κ3) is 3.86. The fourth-order valence-corrected chi connectivity index (χ4v) is 2.13. The van der Waals surface area contributed by atoms with Crippen molar-refractivity contribution >= 4 is 21.7 Å². The first-order chi connectivity index (χ1) is 8.97. The summed E-state index contributed by atoms with van der Waals surface area (Å²) in [6.45, 7) is 3.78. The van der Waals surface area contributed by atoms with Crippen LogP contribution in [0.3, 0.4) is 0 Å². The molecule has 20 heavy (non-hydrogen) atoms. The van der Waals surface area contributed by atoms with Crippen LogP contribution in [0.5, 0.6) is 0 Å². The Morgan fingerprint density at radius 3 is 2.45 bits per heavy atom. The van der Waals surface area contributed by atoms with Crippen LogP contribution in [0.15, 0.2) is 34.8 Å². The first-order valence-corrected chi connectivity index (χ1v) is 6.65. The van der Waals surface area contributed by atoms with Gasteiger partial charge in [-0.25, -0.2) is 4.98 Å². The summed E-state index contributed by atoms with van der Waals surface area (Å²) < 4.78 is 2.54. The van der Waals surface area contributed by atoms with E-state index < -0.39 is 0 Å². The molecule has 2 rings (SSSR count). The lowest BCUT2D eigenvalue weighted by Gasteiger charge is -2.10. The summed E-state index contributed by atoms with van der Waals surface area (Å²) in [5, 5.41) is 7.91. The van der Waals surface area contributed by atoms with Gasteiger partial charge in [-0.15, -0.1) is 0 Å². The quantitative estimate of drug-likeness (QED) is 0.716. The molecule has 0 saturated heterocycles. The van der Waals surface area contributed by atoms with Crippen LogP contribution in [0.4, 0.5) is 0 Å². The Hall–Kier alpha value is -1.27. The Kier molecular flexibility index (Phi) is 5.83. The fraction of sp³-hybridized carbons (Fsp3) is 0.214. The lowest BCUT2D eigenvalue weighted by Crippen LogP contribution is -3.00. The van der Waals surface area contributed by atoms with E-state index in [2.05, 4.69) is 20.9 Å². The van der Waals surface area contributed by atoms with Gasteiger partial charge in [0.25, 0.3) is 0 Å². The number of nitrogens with one attached hydrogen (secondary N) is 1. The topological polar surface area (TPSA) is 58.7 Å². The van der Waals surface area contributed by atoms with E-state index in [1.807, 2.05) is 19.1 Å². The molecule has 0 aliphatic rings. The summed E-state index contributed by atoms with van der Waals surface area (Å²) in [6.07, 6.45) is 0. The zero-order valence-electron chi connectivity index (χ0n) is 11.2. The Labute approximate surface area is 136 Å². The zero-order valence-corrected chi connectivity index (χ0v) is 14.3. The third-order valence-electron chi connectivity index (χ3n) is 2.83. The summed E-state index contributed by atoms with van der Waals surface area (Å²) in [6, 6.07) is 8.86. The molecule has 0 spiro atoms. The van der Waals surface area contributed by atoms with E-state index in [9.17, 15) is 4.79 Å². The van der Waals surface area contributed by atoms with Crippen molar-refractivity contribution in [2.45, 2.75) is 20.4 Å². The molecule has 1 aromatic carbocycles. The van der Waals surface area contributed by atoms with Crippen LogP contribution in [0.2, 0.25) is 0 Å². The van der Waals surface area contributed by atoms with Crippen LogP contribution in [0.1, 0.15) is 21.9 Å². The molecule has 0 aliphatic heterocycles. The van der Waals surface area contributed by atoms with E-state index in [4.69, 9.17) is 5.41 Å². The first kappa shape index (κ1) is 16.8. The first-order valence-electron chi connectivity index (χ1n) is 5.86. The van der Waals surface area contributed by atoms with Gasteiger partial charge in [0.1, 0.15) is 11.3 Å². The number of hydrogen-bond acceptors (Lipinski definition) is 3. The van der Waals surface area contributed by atoms with E-state index in [1.165, 1.54) is 0 Å². The molecule has 0 fully saturated rings. The highest BCUT2D eigenvalue weighted by molar-refractivity contribution is 9.10. The number of ketones is 1. The van der Waals surface area contributed by atoms with Crippen molar-refractivity contribution in [2.24, 2.45) is 0 Å². The Balaban J connectivity index is 0.00000200. The number of nitrogens with zero attached hydrogens (tertiary/aromatic N) is 2.